The third kappa shape index (κ3) is 29.6. The van der Waals surface area contributed by atoms with Crippen molar-refractivity contribution in [2.75, 3.05) is 59.5 Å². The second-order valence-corrected chi connectivity index (χ2v) is 6.50. The Morgan fingerprint density at radius 2 is 1.32 bits per heavy atom. The highest BCUT2D eigenvalue weighted by Crippen LogP contribution is 2.09. The molecule has 1 unspecified atom stereocenters. The number of hydrogen-bond donors (Lipinski definition) is 0. The molecule has 7 nitrogen and oxygen atoms in total. The lowest BCUT2D eigenvalue weighted by molar-refractivity contribution is -0.118. The minimum Gasteiger partial charge on any atom is -0.425 e. The van der Waals surface area contributed by atoms with Gasteiger partial charge in [0.05, 0.1) is 52.9 Å². The summed E-state index contributed by atoms with van der Waals surface area (Å²) in [5, 5.41) is 8.09. The van der Waals surface area contributed by atoms with Gasteiger partial charge in [-0.2, -0.15) is 5.26 Å². The Bertz CT molecular complexity index is 359. The van der Waals surface area contributed by atoms with E-state index in [1.54, 1.807) is 6.26 Å². The molecule has 0 amide bonds. The van der Waals surface area contributed by atoms with Gasteiger partial charge < -0.3 is 23.7 Å². The number of carbonyl (C=O) groups excluding carboxylic acids is 1. The third-order valence-electron chi connectivity index (χ3n) is 3.86. The molecule has 0 aliphatic carbocycles. The average molecular weight is 404 g/mol. The lowest BCUT2D eigenvalue weighted by Gasteiger charge is -2.06. The smallest absolute Gasteiger partial charge is 0.286 e. The first-order valence-corrected chi connectivity index (χ1v) is 10.4. The van der Waals surface area contributed by atoms with Gasteiger partial charge in [-0.25, -0.2) is 0 Å². The summed E-state index contributed by atoms with van der Waals surface area (Å²) in [4.78, 5) is 10.6. The van der Waals surface area contributed by atoms with Crippen molar-refractivity contribution in [1.29, 1.82) is 5.26 Å². The van der Waals surface area contributed by atoms with E-state index in [1.807, 2.05) is 0 Å². The summed E-state index contributed by atoms with van der Waals surface area (Å²) in [5.74, 6) is 1.08. The number of unbranched alkanes of at least 4 members (excludes halogenated alkanes) is 1. The van der Waals surface area contributed by atoms with Crippen LogP contribution in [0.15, 0.2) is 0 Å². The van der Waals surface area contributed by atoms with E-state index in [4.69, 9.17) is 24.2 Å². The van der Waals surface area contributed by atoms with E-state index < -0.39 is 0 Å². The summed E-state index contributed by atoms with van der Waals surface area (Å²) in [6, 6.07) is 0. The molecule has 0 aromatic heterocycles. The van der Waals surface area contributed by atoms with Gasteiger partial charge in [0, 0.05) is 6.42 Å². The van der Waals surface area contributed by atoms with E-state index in [2.05, 4.69) is 25.5 Å². The number of nitrogens with zero attached hydrogens (tertiary/aromatic N) is 1. The number of Topliss-reactive ketones (excluding diaryl/α,β-unsaturated/α-hetero) is 1. The summed E-state index contributed by atoms with van der Waals surface area (Å²) in [7, 11) is 0. The van der Waals surface area contributed by atoms with Gasteiger partial charge in [0.15, 0.2) is 0 Å². The van der Waals surface area contributed by atoms with E-state index in [0.717, 1.165) is 5.92 Å². The van der Waals surface area contributed by atoms with E-state index in [9.17, 15) is 4.79 Å². The Morgan fingerprint density at radius 1 is 0.857 bits per heavy atom. The van der Waals surface area contributed by atoms with Crippen molar-refractivity contribution in [1.82, 2.24) is 0 Å². The van der Waals surface area contributed by atoms with Gasteiger partial charge in [0.2, 0.25) is 0 Å². The van der Waals surface area contributed by atoms with Crippen LogP contribution in [-0.2, 0) is 28.5 Å². The predicted octanol–water partition coefficient (Wildman–Crippen LogP) is 3.75. The van der Waals surface area contributed by atoms with Crippen LogP contribution in [0.3, 0.4) is 0 Å². The molecule has 0 aliphatic heterocycles. The number of ketones is 1. The van der Waals surface area contributed by atoms with Gasteiger partial charge in [0.1, 0.15) is 12.4 Å². The Balaban J connectivity index is 0. The van der Waals surface area contributed by atoms with Crippen molar-refractivity contribution in [3.05, 3.63) is 0 Å². The molecule has 0 aliphatic rings. The standard InChI is InChI=1S/C13H23NO6.C8H18/c1-13(15)2-3-16-4-5-17-6-7-18-8-9-19-10-11-20-12-14;1-4-6-7-8(3)5-2/h2-11H2,1H3;8H,4-7H2,1-3H3. The molecule has 0 N–H and O–H groups in total. The molecule has 1 atom stereocenters. The molecule has 28 heavy (non-hydrogen) atoms. The molecule has 7 heteroatoms. The van der Waals surface area contributed by atoms with Crippen LogP contribution in [0.25, 0.3) is 0 Å². The van der Waals surface area contributed by atoms with Crippen LogP contribution in [0.2, 0.25) is 0 Å². The Labute approximate surface area is 171 Å². The molecule has 0 rings (SSSR count). The molecule has 0 radical (unpaired) electrons. The zero-order valence-corrected chi connectivity index (χ0v) is 18.4. The topological polar surface area (TPSA) is 87.0 Å². The molecule has 0 heterocycles. The molecular formula is C21H41NO6. The molecule has 0 bridgehead atoms. The van der Waals surface area contributed by atoms with Crippen LogP contribution in [0.4, 0.5) is 0 Å². The van der Waals surface area contributed by atoms with Gasteiger partial charge in [0.25, 0.3) is 6.26 Å². The van der Waals surface area contributed by atoms with Crippen LogP contribution >= 0.6 is 0 Å². The third-order valence-corrected chi connectivity index (χ3v) is 3.86. The molecule has 0 fully saturated rings. The molecule has 0 spiro atoms. The van der Waals surface area contributed by atoms with Crippen molar-refractivity contribution in [3.63, 3.8) is 0 Å². The SMILES string of the molecule is CC(=O)CCOCCOCCOCCOCCOC#N.CCCCC(C)CC. The van der Waals surface area contributed by atoms with E-state index in [-0.39, 0.29) is 12.4 Å². The first-order valence-electron chi connectivity index (χ1n) is 10.4. The van der Waals surface area contributed by atoms with Crippen LogP contribution in [-0.4, -0.2) is 65.2 Å². The highest BCUT2D eigenvalue weighted by atomic mass is 16.6. The fourth-order valence-electron chi connectivity index (χ4n) is 1.88. The molecular weight excluding hydrogens is 362 g/mol. The van der Waals surface area contributed by atoms with Crippen molar-refractivity contribution in [2.45, 2.75) is 59.8 Å². The second-order valence-electron chi connectivity index (χ2n) is 6.50. The Kier molecular flexibility index (Phi) is 26.7. The van der Waals surface area contributed by atoms with Crippen molar-refractivity contribution in [3.8, 4) is 6.26 Å². The minimum absolute atomic E-state index is 0.126. The first-order chi connectivity index (χ1) is 13.6. The maximum atomic E-state index is 10.6. The summed E-state index contributed by atoms with van der Waals surface area (Å²) < 4.78 is 25.3. The van der Waals surface area contributed by atoms with Crippen molar-refractivity contribution in [2.24, 2.45) is 5.92 Å². The number of hydrogen-bond acceptors (Lipinski definition) is 7. The van der Waals surface area contributed by atoms with Crippen molar-refractivity contribution < 1.29 is 28.5 Å². The van der Waals surface area contributed by atoms with Crippen LogP contribution < -0.4 is 0 Å². The summed E-state index contributed by atoms with van der Waals surface area (Å²) in [6.45, 7) is 12.4. The largest absolute Gasteiger partial charge is 0.425 e. The first kappa shape index (κ1) is 29.0. The van der Waals surface area contributed by atoms with Gasteiger partial charge >= 0.3 is 0 Å². The quantitative estimate of drug-likeness (QED) is 0.240. The van der Waals surface area contributed by atoms with Crippen molar-refractivity contribution >= 4 is 5.78 Å². The second kappa shape index (κ2) is 25.8. The predicted molar refractivity (Wildman–Crippen MR) is 109 cm³/mol. The molecule has 0 aromatic rings. The van der Waals surface area contributed by atoms with Crippen LogP contribution in [0, 0.1) is 17.4 Å². The number of nitriles is 1. The monoisotopic (exact) mass is 403 g/mol. The molecule has 0 saturated heterocycles. The Hall–Kier alpha value is -1.20. The Morgan fingerprint density at radius 3 is 1.71 bits per heavy atom. The maximum absolute atomic E-state index is 10.6. The van der Waals surface area contributed by atoms with Crippen LogP contribution in [0.1, 0.15) is 59.8 Å². The summed E-state index contributed by atoms with van der Waals surface area (Å²) >= 11 is 0. The number of ether oxygens (including phenoxy) is 5. The molecule has 166 valence electrons. The summed E-state index contributed by atoms with van der Waals surface area (Å²) in [6.07, 6.45) is 7.54. The summed E-state index contributed by atoms with van der Waals surface area (Å²) in [5.41, 5.74) is 0. The minimum atomic E-state index is 0.126. The number of rotatable bonds is 19. The van der Waals surface area contributed by atoms with Gasteiger partial charge in [-0.05, 0) is 12.8 Å². The van der Waals surface area contributed by atoms with E-state index >= 15 is 0 Å². The zero-order chi connectivity index (χ0) is 21.3. The molecule has 0 aromatic carbocycles. The normalized spacial score (nSPS) is 11.2. The highest BCUT2D eigenvalue weighted by molar-refractivity contribution is 5.75. The zero-order valence-electron chi connectivity index (χ0n) is 18.4. The van der Waals surface area contributed by atoms with Crippen LogP contribution in [0.5, 0.6) is 0 Å². The molecule has 0 saturated carbocycles. The fourth-order valence-corrected chi connectivity index (χ4v) is 1.88. The number of carbonyl (C=O) groups is 1. The lowest BCUT2D eigenvalue weighted by Crippen LogP contribution is -2.13. The van der Waals surface area contributed by atoms with Gasteiger partial charge in [-0.15, -0.1) is 0 Å². The van der Waals surface area contributed by atoms with E-state index in [0.29, 0.717) is 59.3 Å². The van der Waals surface area contributed by atoms with Gasteiger partial charge in [-0.3, -0.25) is 4.79 Å². The maximum Gasteiger partial charge on any atom is 0.286 e. The average Bonchev–Trinajstić information content (AvgIpc) is 2.69. The highest BCUT2D eigenvalue weighted by Gasteiger charge is 1.95. The van der Waals surface area contributed by atoms with Gasteiger partial charge in [-0.1, -0.05) is 46.5 Å². The fraction of sp³-hybridized carbons (Fsp3) is 0.905. The van der Waals surface area contributed by atoms with E-state index in [1.165, 1.54) is 32.6 Å². The lowest BCUT2D eigenvalue weighted by atomic mass is 10.0.